The number of hydrogen-bond acceptors (Lipinski definition) is 3. The van der Waals surface area contributed by atoms with E-state index < -0.39 is 0 Å². The Morgan fingerprint density at radius 1 is 1.31 bits per heavy atom. The van der Waals surface area contributed by atoms with Crippen LogP contribution in [0.2, 0.25) is 0 Å². The molecular formula is C10H18O3. The van der Waals surface area contributed by atoms with Crippen LogP contribution < -0.4 is 0 Å². The normalized spacial score (nSPS) is 12.2. The van der Waals surface area contributed by atoms with Crippen molar-refractivity contribution in [2.24, 2.45) is 5.92 Å². The Morgan fingerprint density at radius 2 is 1.92 bits per heavy atom. The Balaban J connectivity index is 3.35. The molecule has 76 valence electrons. The summed E-state index contributed by atoms with van der Waals surface area (Å²) in [6.45, 7) is 3.52. The summed E-state index contributed by atoms with van der Waals surface area (Å²) in [6, 6.07) is 0. The van der Waals surface area contributed by atoms with Crippen molar-refractivity contribution in [2.45, 2.75) is 39.5 Å². The average Bonchev–Trinajstić information content (AvgIpc) is 2.11. The molecule has 0 heterocycles. The number of carbonyl (C=O) groups is 2. The lowest BCUT2D eigenvalue weighted by molar-refractivity contribution is -0.140. The number of carbonyl (C=O) groups excluding carboxylic acids is 2. The van der Waals surface area contributed by atoms with E-state index >= 15 is 0 Å². The summed E-state index contributed by atoms with van der Waals surface area (Å²) in [5.74, 6) is 0.172. The van der Waals surface area contributed by atoms with Gasteiger partial charge in [-0.25, -0.2) is 0 Å². The first-order chi connectivity index (χ1) is 6.07. The van der Waals surface area contributed by atoms with Crippen LogP contribution in [0.5, 0.6) is 0 Å². The lowest BCUT2D eigenvalue weighted by Crippen LogP contribution is -2.06. The van der Waals surface area contributed by atoms with E-state index in [1.165, 1.54) is 7.11 Å². The van der Waals surface area contributed by atoms with Gasteiger partial charge in [0.2, 0.25) is 0 Å². The first-order valence-corrected chi connectivity index (χ1v) is 4.65. The number of esters is 1. The largest absolute Gasteiger partial charge is 0.469 e. The van der Waals surface area contributed by atoms with E-state index in [0.717, 1.165) is 19.3 Å². The van der Waals surface area contributed by atoms with E-state index in [9.17, 15) is 9.59 Å². The second kappa shape index (κ2) is 6.63. The van der Waals surface area contributed by atoms with Gasteiger partial charge < -0.3 is 4.74 Å². The fraction of sp³-hybridized carbons (Fsp3) is 0.800. The summed E-state index contributed by atoms with van der Waals surface area (Å²) in [5, 5.41) is 0. The van der Waals surface area contributed by atoms with E-state index in [-0.39, 0.29) is 17.7 Å². The van der Waals surface area contributed by atoms with Gasteiger partial charge in [-0.15, -0.1) is 0 Å². The Kier molecular flexibility index (Phi) is 6.20. The molecule has 0 radical (unpaired) electrons. The van der Waals surface area contributed by atoms with Crippen molar-refractivity contribution in [3.05, 3.63) is 0 Å². The highest BCUT2D eigenvalue weighted by atomic mass is 16.5. The fourth-order valence-electron chi connectivity index (χ4n) is 1.03. The Labute approximate surface area is 79.5 Å². The molecule has 0 rings (SSSR count). The van der Waals surface area contributed by atoms with Crippen molar-refractivity contribution in [3.8, 4) is 0 Å². The second-order valence-corrected chi connectivity index (χ2v) is 3.33. The first kappa shape index (κ1) is 12.1. The molecule has 0 amide bonds. The predicted molar refractivity (Wildman–Crippen MR) is 50.3 cm³/mol. The molecule has 0 bridgehead atoms. The zero-order chi connectivity index (χ0) is 10.3. The van der Waals surface area contributed by atoms with Crippen LogP contribution in [-0.2, 0) is 14.3 Å². The number of Topliss-reactive ketones (excluding diaryl/α,β-unsaturated/α-hetero) is 1. The highest BCUT2D eigenvalue weighted by Crippen LogP contribution is 2.10. The maximum absolute atomic E-state index is 10.8. The smallest absolute Gasteiger partial charge is 0.305 e. The van der Waals surface area contributed by atoms with Crippen molar-refractivity contribution in [2.75, 3.05) is 7.11 Å². The van der Waals surface area contributed by atoms with Crippen LogP contribution in [-0.4, -0.2) is 18.9 Å². The van der Waals surface area contributed by atoms with Gasteiger partial charge in [-0.05, 0) is 19.8 Å². The number of methoxy groups -OCH3 is 1. The van der Waals surface area contributed by atoms with Crippen LogP contribution in [0.3, 0.4) is 0 Å². The van der Waals surface area contributed by atoms with Crippen molar-refractivity contribution >= 4 is 11.8 Å². The zero-order valence-electron chi connectivity index (χ0n) is 8.63. The highest BCUT2D eigenvalue weighted by molar-refractivity contribution is 5.77. The van der Waals surface area contributed by atoms with E-state index in [4.69, 9.17) is 0 Å². The third kappa shape index (κ3) is 6.31. The molecule has 13 heavy (non-hydrogen) atoms. The molecule has 3 nitrogen and oxygen atoms in total. The third-order valence-corrected chi connectivity index (χ3v) is 2.19. The SMILES string of the molecule is COC(=O)CCCCC(C)C(C)=O. The van der Waals surface area contributed by atoms with Gasteiger partial charge in [0.05, 0.1) is 7.11 Å². The van der Waals surface area contributed by atoms with Gasteiger partial charge in [0, 0.05) is 12.3 Å². The summed E-state index contributed by atoms with van der Waals surface area (Å²) >= 11 is 0. The quantitative estimate of drug-likeness (QED) is 0.470. The topological polar surface area (TPSA) is 43.4 Å². The van der Waals surface area contributed by atoms with Gasteiger partial charge in [0.15, 0.2) is 0 Å². The van der Waals surface area contributed by atoms with Gasteiger partial charge in [-0.2, -0.15) is 0 Å². The maximum Gasteiger partial charge on any atom is 0.305 e. The molecule has 1 atom stereocenters. The standard InChI is InChI=1S/C10H18O3/c1-8(9(2)11)6-4-5-7-10(12)13-3/h8H,4-7H2,1-3H3. The summed E-state index contributed by atoms with van der Waals surface area (Å²) in [5.41, 5.74) is 0. The molecule has 1 unspecified atom stereocenters. The lowest BCUT2D eigenvalue weighted by atomic mass is 10.00. The highest BCUT2D eigenvalue weighted by Gasteiger charge is 2.07. The van der Waals surface area contributed by atoms with Gasteiger partial charge >= 0.3 is 5.97 Å². The van der Waals surface area contributed by atoms with Crippen LogP contribution in [0, 0.1) is 5.92 Å². The number of ether oxygens (including phenoxy) is 1. The molecule has 0 N–H and O–H groups in total. The minimum atomic E-state index is -0.171. The molecule has 0 aromatic heterocycles. The molecule has 0 aliphatic rings. The van der Waals surface area contributed by atoms with Crippen molar-refractivity contribution in [1.29, 1.82) is 0 Å². The van der Waals surface area contributed by atoms with Crippen LogP contribution in [0.1, 0.15) is 39.5 Å². The Hall–Kier alpha value is -0.860. The average molecular weight is 186 g/mol. The molecule has 0 aliphatic heterocycles. The minimum absolute atomic E-state index is 0.123. The number of unbranched alkanes of at least 4 members (excludes halogenated alkanes) is 1. The molecule has 0 aliphatic carbocycles. The monoisotopic (exact) mass is 186 g/mol. The number of rotatable bonds is 6. The summed E-state index contributed by atoms with van der Waals surface area (Å²) in [6.07, 6.45) is 3.05. The van der Waals surface area contributed by atoms with Crippen molar-refractivity contribution < 1.29 is 14.3 Å². The third-order valence-electron chi connectivity index (χ3n) is 2.19. The lowest BCUT2D eigenvalue weighted by Gasteiger charge is -2.05. The first-order valence-electron chi connectivity index (χ1n) is 4.65. The number of ketones is 1. The van der Waals surface area contributed by atoms with Crippen LogP contribution >= 0.6 is 0 Å². The fourth-order valence-corrected chi connectivity index (χ4v) is 1.03. The summed E-state index contributed by atoms with van der Waals surface area (Å²) in [7, 11) is 1.39. The summed E-state index contributed by atoms with van der Waals surface area (Å²) < 4.78 is 4.50. The summed E-state index contributed by atoms with van der Waals surface area (Å²) in [4.78, 5) is 21.5. The predicted octanol–water partition coefficient (Wildman–Crippen LogP) is 1.94. The number of hydrogen-bond donors (Lipinski definition) is 0. The van der Waals surface area contributed by atoms with Gasteiger partial charge in [-0.3, -0.25) is 9.59 Å². The van der Waals surface area contributed by atoms with Crippen LogP contribution in [0.4, 0.5) is 0 Å². The Bertz CT molecular complexity index is 175. The van der Waals surface area contributed by atoms with Crippen molar-refractivity contribution in [1.82, 2.24) is 0 Å². The molecule has 0 fully saturated rings. The zero-order valence-corrected chi connectivity index (χ0v) is 8.63. The van der Waals surface area contributed by atoms with Gasteiger partial charge in [0.25, 0.3) is 0 Å². The van der Waals surface area contributed by atoms with Crippen LogP contribution in [0.15, 0.2) is 0 Å². The van der Waals surface area contributed by atoms with Crippen molar-refractivity contribution in [3.63, 3.8) is 0 Å². The molecule has 0 saturated heterocycles. The van der Waals surface area contributed by atoms with E-state index in [2.05, 4.69) is 4.74 Å². The van der Waals surface area contributed by atoms with Gasteiger partial charge in [0.1, 0.15) is 5.78 Å². The molecule has 0 saturated carbocycles. The molecule has 0 aromatic carbocycles. The van der Waals surface area contributed by atoms with E-state index in [1.54, 1.807) is 6.92 Å². The minimum Gasteiger partial charge on any atom is -0.469 e. The van der Waals surface area contributed by atoms with Crippen LogP contribution in [0.25, 0.3) is 0 Å². The molecule has 0 spiro atoms. The van der Waals surface area contributed by atoms with E-state index in [1.807, 2.05) is 6.92 Å². The van der Waals surface area contributed by atoms with E-state index in [0.29, 0.717) is 6.42 Å². The Morgan fingerprint density at radius 3 is 2.38 bits per heavy atom. The molecule has 3 heteroatoms. The molecular weight excluding hydrogens is 168 g/mol. The molecule has 0 aromatic rings. The maximum atomic E-state index is 10.8. The van der Waals surface area contributed by atoms with Gasteiger partial charge in [-0.1, -0.05) is 13.3 Å². The second-order valence-electron chi connectivity index (χ2n) is 3.33.